The highest BCUT2D eigenvalue weighted by Gasteiger charge is 2.19. The third-order valence-corrected chi connectivity index (χ3v) is 3.32. The minimum absolute atomic E-state index is 0.0768. The number of nitrogens with two attached hydrogens (primary N) is 1. The molecule has 0 saturated heterocycles. The van der Waals surface area contributed by atoms with Crippen molar-refractivity contribution in [3.8, 4) is 0 Å². The number of aliphatic hydroxyl groups is 1. The van der Waals surface area contributed by atoms with Crippen molar-refractivity contribution in [3.63, 3.8) is 0 Å². The summed E-state index contributed by atoms with van der Waals surface area (Å²) in [6, 6.07) is 0. The number of nitrogen functional groups attached to an aromatic ring is 1. The van der Waals surface area contributed by atoms with Crippen LogP contribution < -0.4 is 22.3 Å². The molecule has 0 aliphatic heterocycles. The quantitative estimate of drug-likeness (QED) is 0.588. The van der Waals surface area contributed by atoms with E-state index < -0.39 is 11.2 Å². The summed E-state index contributed by atoms with van der Waals surface area (Å²) in [5.41, 5.74) is 4.98. The number of hydrogen-bond donors (Lipinski definition) is 4. The van der Waals surface area contributed by atoms with Crippen LogP contribution in [0.25, 0.3) is 0 Å². The molecular formula is C14H26N4O3. The number of H-pyrrole nitrogens is 1. The molecule has 0 aliphatic rings. The molecule has 7 nitrogen and oxygen atoms in total. The molecule has 1 rings (SSSR count). The van der Waals surface area contributed by atoms with Crippen LogP contribution in [-0.4, -0.2) is 27.8 Å². The first-order chi connectivity index (χ1) is 9.68. The van der Waals surface area contributed by atoms with Gasteiger partial charge in [-0.3, -0.25) is 14.3 Å². The Balaban J connectivity index is 3.08. The summed E-state index contributed by atoms with van der Waals surface area (Å²) in [5, 5.41) is 12.0. The summed E-state index contributed by atoms with van der Waals surface area (Å²) in [6.07, 6.45) is 0.601. The summed E-state index contributed by atoms with van der Waals surface area (Å²) < 4.78 is 1.37. The predicted molar refractivity (Wildman–Crippen MR) is 84.5 cm³/mol. The smallest absolute Gasteiger partial charge is 0.330 e. The van der Waals surface area contributed by atoms with Crippen LogP contribution in [0.1, 0.15) is 34.1 Å². The molecule has 0 spiro atoms. The van der Waals surface area contributed by atoms with Crippen LogP contribution in [0.3, 0.4) is 0 Å². The van der Waals surface area contributed by atoms with Crippen LogP contribution >= 0.6 is 0 Å². The van der Waals surface area contributed by atoms with Gasteiger partial charge in [0.2, 0.25) is 0 Å². The molecule has 1 aromatic rings. The molecule has 0 bridgehead atoms. The Bertz CT molecular complexity index is 587. The van der Waals surface area contributed by atoms with Crippen molar-refractivity contribution in [1.29, 1.82) is 0 Å². The van der Waals surface area contributed by atoms with Gasteiger partial charge in [0.1, 0.15) is 11.5 Å². The van der Waals surface area contributed by atoms with Gasteiger partial charge in [0, 0.05) is 19.7 Å². The fraction of sp³-hybridized carbons (Fsp3) is 0.714. The van der Waals surface area contributed by atoms with E-state index in [0.717, 1.165) is 0 Å². The lowest BCUT2D eigenvalue weighted by Gasteiger charge is -2.25. The molecule has 0 radical (unpaired) electrons. The summed E-state index contributed by atoms with van der Waals surface area (Å²) in [6.45, 7) is 8.88. The molecule has 0 saturated carbocycles. The number of rotatable bonds is 7. The van der Waals surface area contributed by atoms with Gasteiger partial charge in [-0.15, -0.1) is 0 Å². The number of aromatic amines is 1. The van der Waals surface area contributed by atoms with Gasteiger partial charge in [-0.1, -0.05) is 27.7 Å². The van der Waals surface area contributed by atoms with Crippen molar-refractivity contribution in [2.24, 2.45) is 11.3 Å². The molecule has 0 unspecified atom stereocenters. The lowest BCUT2D eigenvalue weighted by Crippen LogP contribution is -2.36. The van der Waals surface area contributed by atoms with Crippen molar-refractivity contribution in [3.05, 3.63) is 20.8 Å². The number of hydrogen-bond acceptors (Lipinski definition) is 5. The number of aromatic nitrogens is 2. The fourth-order valence-corrected chi connectivity index (χ4v) is 2.02. The second-order valence-corrected chi connectivity index (χ2v) is 6.52. The van der Waals surface area contributed by atoms with E-state index in [4.69, 9.17) is 10.8 Å². The molecule has 0 amide bonds. The molecule has 7 heteroatoms. The van der Waals surface area contributed by atoms with Crippen molar-refractivity contribution in [2.45, 2.75) is 40.7 Å². The van der Waals surface area contributed by atoms with Gasteiger partial charge in [0.05, 0.1) is 0 Å². The first-order valence-corrected chi connectivity index (χ1v) is 7.15. The van der Waals surface area contributed by atoms with Crippen molar-refractivity contribution in [2.75, 3.05) is 24.2 Å². The molecule has 0 aliphatic carbocycles. The number of aliphatic hydroxyl groups excluding tert-OH is 1. The molecule has 0 aromatic carbocycles. The van der Waals surface area contributed by atoms with Gasteiger partial charge in [-0.2, -0.15) is 0 Å². The largest absolute Gasteiger partial charge is 0.396 e. The van der Waals surface area contributed by atoms with E-state index in [-0.39, 0.29) is 29.4 Å². The average Bonchev–Trinajstić information content (AvgIpc) is 2.33. The van der Waals surface area contributed by atoms with Crippen molar-refractivity contribution in [1.82, 2.24) is 9.55 Å². The second kappa shape index (κ2) is 6.80. The minimum atomic E-state index is -0.516. The van der Waals surface area contributed by atoms with Gasteiger partial charge in [-0.25, -0.2) is 4.79 Å². The zero-order chi connectivity index (χ0) is 16.2. The minimum Gasteiger partial charge on any atom is -0.396 e. The van der Waals surface area contributed by atoms with Gasteiger partial charge >= 0.3 is 5.69 Å². The molecule has 1 heterocycles. The van der Waals surface area contributed by atoms with Gasteiger partial charge in [-0.05, 0) is 17.8 Å². The average molecular weight is 298 g/mol. The van der Waals surface area contributed by atoms with Gasteiger partial charge < -0.3 is 16.2 Å². The molecule has 0 atom stereocenters. The Morgan fingerprint density at radius 3 is 2.52 bits per heavy atom. The highest BCUT2D eigenvalue weighted by atomic mass is 16.3. The van der Waals surface area contributed by atoms with E-state index in [0.29, 0.717) is 19.5 Å². The van der Waals surface area contributed by atoms with E-state index in [1.54, 1.807) is 0 Å². The van der Waals surface area contributed by atoms with Crippen LogP contribution in [-0.2, 0) is 6.54 Å². The Kier molecular flexibility index (Phi) is 5.60. The molecule has 21 heavy (non-hydrogen) atoms. The number of nitrogens with zero attached hydrogens (tertiary/aromatic N) is 1. The number of anilines is 2. The first-order valence-electron chi connectivity index (χ1n) is 7.15. The van der Waals surface area contributed by atoms with Crippen molar-refractivity contribution < 1.29 is 5.11 Å². The summed E-state index contributed by atoms with van der Waals surface area (Å²) in [7, 11) is 0. The van der Waals surface area contributed by atoms with Crippen LogP contribution in [0, 0.1) is 11.3 Å². The monoisotopic (exact) mass is 298 g/mol. The molecule has 120 valence electrons. The summed E-state index contributed by atoms with van der Waals surface area (Å²) in [5.74, 6) is 0.381. The molecule has 0 fully saturated rings. The SMILES string of the molecule is CC(C)Cn1c(N)c(NCC(C)(C)CCO)c(=O)[nH]c1=O. The van der Waals surface area contributed by atoms with E-state index in [9.17, 15) is 9.59 Å². The van der Waals surface area contributed by atoms with Crippen LogP contribution in [0.4, 0.5) is 11.5 Å². The molecular weight excluding hydrogens is 272 g/mol. The maximum atomic E-state index is 11.9. The predicted octanol–water partition coefficient (Wildman–Crippen LogP) is 0.595. The van der Waals surface area contributed by atoms with Crippen molar-refractivity contribution >= 4 is 11.5 Å². The van der Waals surface area contributed by atoms with E-state index in [1.165, 1.54) is 4.57 Å². The van der Waals surface area contributed by atoms with E-state index in [2.05, 4.69) is 10.3 Å². The highest BCUT2D eigenvalue weighted by Crippen LogP contribution is 2.21. The summed E-state index contributed by atoms with van der Waals surface area (Å²) in [4.78, 5) is 26.0. The zero-order valence-corrected chi connectivity index (χ0v) is 13.2. The third-order valence-electron chi connectivity index (χ3n) is 3.32. The van der Waals surface area contributed by atoms with Crippen LogP contribution in [0.2, 0.25) is 0 Å². The molecule has 5 N–H and O–H groups in total. The number of nitrogens with one attached hydrogen (secondary N) is 2. The topological polar surface area (TPSA) is 113 Å². The summed E-state index contributed by atoms with van der Waals surface area (Å²) >= 11 is 0. The van der Waals surface area contributed by atoms with Gasteiger partial charge in [0.15, 0.2) is 0 Å². The van der Waals surface area contributed by atoms with E-state index >= 15 is 0 Å². The van der Waals surface area contributed by atoms with E-state index in [1.807, 2.05) is 27.7 Å². The Morgan fingerprint density at radius 1 is 1.38 bits per heavy atom. The van der Waals surface area contributed by atoms with Gasteiger partial charge in [0.25, 0.3) is 5.56 Å². The second-order valence-electron chi connectivity index (χ2n) is 6.52. The lowest BCUT2D eigenvalue weighted by molar-refractivity contribution is 0.220. The third kappa shape index (κ3) is 4.63. The van der Waals surface area contributed by atoms with Crippen LogP contribution in [0.5, 0.6) is 0 Å². The Hall–Kier alpha value is -1.76. The lowest BCUT2D eigenvalue weighted by atomic mass is 9.90. The maximum absolute atomic E-state index is 11.9. The first kappa shape index (κ1) is 17.3. The maximum Gasteiger partial charge on any atom is 0.330 e. The van der Waals surface area contributed by atoms with Crippen LogP contribution in [0.15, 0.2) is 9.59 Å². The Labute approximate surface area is 124 Å². The zero-order valence-electron chi connectivity index (χ0n) is 13.2. The molecule has 1 aromatic heterocycles. The highest BCUT2D eigenvalue weighted by molar-refractivity contribution is 5.60. The fourth-order valence-electron chi connectivity index (χ4n) is 2.02. The Morgan fingerprint density at radius 2 is 2.00 bits per heavy atom. The standard InChI is InChI=1S/C14H26N4O3/c1-9(2)7-18-11(15)10(12(20)17-13(18)21)16-8-14(3,4)5-6-19/h9,16,19H,5-8,15H2,1-4H3,(H,17,20,21). The normalized spacial score (nSPS) is 11.9.